The molecule has 200 valence electrons. The molecule has 36 heavy (non-hydrogen) atoms. The Balaban J connectivity index is 1.72. The molecule has 3 N–H and O–H groups in total. The van der Waals surface area contributed by atoms with Crippen molar-refractivity contribution in [3.05, 3.63) is 29.8 Å². The molecule has 1 saturated heterocycles. The van der Waals surface area contributed by atoms with Crippen molar-refractivity contribution in [2.45, 2.75) is 84.1 Å². The number of hydroxylamine groups is 1. The van der Waals surface area contributed by atoms with Crippen LogP contribution in [0.15, 0.2) is 24.3 Å². The molecule has 3 aliphatic rings. The number of carbonyl (C=O) groups excluding carboxylic acids is 3. The average Bonchev–Trinajstić information content (AvgIpc) is 3.15. The summed E-state index contributed by atoms with van der Waals surface area (Å²) < 4.78 is 5.89. The van der Waals surface area contributed by atoms with Gasteiger partial charge in [0.25, 0.3) is 0 Å². The minimum Gasteiger partial charge on any atom is -0.494 e. The predicted octanol–water partition coefficient (Wildman–Crippen LogP) is 3.85. The monoisotopic (exact) mass is 501 g/mol. The van der Waals surface area contributed by atoms with Crippen molar-refractivity contribution in [2.75, 3.05) is 19.7 Å². The lowest BCUT2D eigenvalue weighted by atomic mass is 9.84. The fourth-order valence-electron chi connectivity index (χ4n) is 5.40. The van der Waals surface area contributed by atoms with Crippen LogP contribution in [0.3, 0.4) is 0 Å². The van der Waals surface area contributed by atoms with Gasteiger partial charge < -0.3 is 15.0 Å². The fourth-order valence-corrected chi connectivity index (χ4v) is 5.40. The van der Waals surface area contributed by atoms with Crippen molar-refractivity contribution < 1.29 is 24.3 Å². The summed E-state index contributed by atoms with van der Waals surface area (Å²) in [4.78, 5) is 40.1. The summed E-state index contributed by atoms with van der Waals surface area (Å²) in [5.41, 5.74) is 2.64. The first-order valence-corrected chi connectivity index (χ1v) is 13.6. The van der Waals surface area contributed by atoms with E-state index in [9.17, 15) is 14.4 Å². The van der Waals surface area contributed by atoms with Gasteiger partial charge in [-0.2, -0.15) is 0 Å². The first-order chi connectivity index (χ1) is 17.4. The standard InChI is InChI=1S/C28H43N3O5/c1-20(2)17-24-22-9-5-4-8-16-36-23-13-11-21(12-14-23)18-25(31(19-22)28(24)34)27(33)29-15-7-3-6-10-26(32)30-35/h11-14,20,22,24-25,35H,3-10,15-19H2,1-2H3,(H,29,33)(H,30,32)/t22-,24+,25-/m0/s1. The zero-order valence-corrected chi connectivity index (χ0v) is 21.8. The molecule has 3 amide bonds. The molecule has 0 aromatic heterocycles. The van der Waals surface area contributed by atoms with Crippen LogP contribution in [0.5, 0.6) is 5.75 Å². The minimum absolute atomic E-state index is 0.0236. The molecule has 3 aliphatic heterocycles. The summed E-state index contributed by atoms with van der Waals surface area (Å²) in [6.07, 6.45) is 7.85. The molecule has 0 unspecified atom stereocenters. The number of amides is 3. The molecule has 0 radical (unpaired) electrons. The molecule has 8 heteroatoms. The molecule has 4 bridgehead atoms. The molecular formula is C28H43N3O5. The Labute approximate surface area is 215 Å². The number of nitrogens with zero attached hydrogens (tertiary/aromatic N) is 1. The maximum atomic E-state index is 13.7. The average molecular weight is 502 g/mol. The molecule has 3 heterocycles. The van der Waals surface area contributed by atoms with E-state index in [4.69, 9.17) is 9.94 Å². The summed E-state index contributed by atoms with van der Waals surface area (Å²) in [5, 5.41) is 11.6. The molecule has 0 aliphatic carbocycles. The number of rotatable bonds is 9. The largest absolute Gasteiger partial charge is 0.494 e. The maximum absolute atomic E-state index is 13.7. The molecule has 1 aromatic carbocycles. The topological polar surface area (TPSA) is 108 Å². The lowest BCUT2D eigenvalue weighted by Gasteiger charge is -2.28. The van der Waals surface area contributed by atoms with E-state index in [1.165, 1.54) is 0 Å². The second kappa shape index (κ2) is 14.2. The normalized spacial score (nSPS) is 22.6. The van der Waals surface area contributed by atoms with Crippen molar-refractivity contribution in [3.8, 4) is 5.75 Å². The third kappa shape index (κ3) is 8.22. The van der Waals surface area contributed by atoms with E-state index in [1.54, 1.807) is 5.48 Å². The van der Waals surface area contributed by atoms with E-state index in [1.807, 2.05) is 29.2 Å². The molecule has 0 saturated carbocycles. The molecule has 0 spiro atoms. The van der Waals surface area contributed by atoms with Crippen LogP contribution in [-0.4, -0.2) is 53.6 Å². The van der Waals surface area contributed by atoms with Crippen LogP contribution in [-0.2, 0) is 20.8 Å². The van der Waals surface area contributed by atoms with Crippen LogP contribution in [0.1, 0.15) is 77.2 Å². The number of hydrogen-bond acceptors (Lipinski definition) is 5. The van der Waals surface area contributed by atoms with Crippen LogP contribution in [0.2, 0.25) is 0 Å². The van der Waals surface area contributed by atoms with Gasteiger partial charge in [-0.1, -0.05) is 45.2 Å². The quantitative estimate of drug-likeness (QED) is 0.271. The van der Waals surface area contributed by atoms with Gasteiger partial charge in [-0.05, 0) is 61.6 Å². The SMILES string of the molecule is CC(C)C[C@H]1C(=O)N2C[C@@H]1CCCCCOc1ccc(cc1)C[C@H]2C(=O)NCCCCCC(=O)NO. The Morgan fingerprint density at radius 3 is 2.61 bits per heavy atom. The molecule has 1 aromatic rings. The first-order valence-electron chi connectivity index (χ1n) is 13.6. The number of hydrogen-bond donors (Lipinski definition) is 3. The lowest BCUT2D eigenvalue weighted by molar-refractivity contribution is -0.139. The van der Waals surface area contributed by atoms with Crippen molar-refractivity contribution in [1.82, 2.24) is 15.7 Å². The van der Waals surface area contributed by atoms with Gasteiger partial charge in [-0.3, -0.25) is 19.6 Å². The third-order valence-electron chi connectivity index (χ3n) is 7.35. The summed E-state index contributed by atoms with van der Waals surface area (Å²) in [7, 11) is 0. The van der Waals surface area contributed by atoms with E-state index in [0.717, 1.165) is 56.3 Å². The van der Waals surface area contributed by atoms with Crippen molar-refractivity contribution in [2.24, 2.45) is 17.8 Å². The van der Waals surface area contributed by atoms with Crippen molar-refractivity contribution >= 4 is 17.7 Å². The van der Waals surface area contributed by atoms with E-state index in [0.29, 0.717) is 38.5 Å². The van der Waals surface area contributed by atoms with Gasteiger partial charge in [0.15, 0.2) is 0 Å². The minimum atomic E-state index is -0.547. The predicted molar refractivity (Wildman–Crippen MR) is 137 cm³/mol. The Hall–Kier alpha value is -2.61. The molecule has 4 rings (SSSR count). The molecule has 8 nitrogen and oxygen atoms in total. The highest BCUT2D eigenvalue weighted by Crippen LogP contribution is 2.35. The number of nitrogens with one attached hydrogen (secondary N) is 2. The van der Waals surface area contributed by atoms with E-state index < -0.39 is 11.9 Å². The lowest BCUT2D eigenvalue weighted by Crippen LogP contribution is -2.49. The van der Waals surface area contributed by atoms with Crippen molar-refractivity contribution in [1.29, 1.82) is 0 Å². The maximum Gasteiger partial charge on any atom is 0.243 e. The highest BCUT2D eigenvalue weighted by atomic mass is 16.5. The van der Waals surface area contributed by atoms with E-state index in [2.05, 4.69) is 19.2 Å². The third-order valence-corrected chi connectivity index (χ3v) is 7.35. The Kier molecular flexibility index (Phi) is 11.0. The zero-order valence-electron chi connectivity index (χ0n) is 21.8. The number of ether oxygens (including phenoxy) is 1. The number of fused-ring (bicyclic) bond motifs is 8. The summed E-state index contributed by atoms with van der Waals surface area (Å²) in [6.45, 7) is 6.14. The number of unbranched alkanes of at least 4 members (excludes halogenated alkanes) is 2. The number of carbonyl (C=O) groups is 3. The van der Waals surface area contributed by atoms with Crippen LogP contribution in [0, 0.1) is 17.8 Å². The van der Waals surface area contributed by atoms with Crippen molar-refractivity contribution in [3.63, 3.8) is 0 Å². The summed E-state index contributed by atoms with van der Waals surface area (Å²) >= 11 is 0. The first kappa shape index (κ1) is 28.0. The van der Waals surface area contributed by atoms with E-state index >= 15 is 0 Å². The summed E-state index contributed by atoms with van der Waals surface area (Å²) in [6, 6.07) is 7.33. The second-order valence-corrected chi connectivity index (χ2v) is 10.7. The highest BCUT2D eigenvalue weighted by Gasteiger charge is 2.44. The molecule has 3 atom stereocenters. The van der Waals surface area contributed by atoms with Crippen LogP contribution < -0.4 is 15.5 Å². The fraction of sp³-hybridized carbons (Fsp3) is 0.679. The van der Waals surface area contributed by atoms with Gasteiger partial charge >= 0.3 is 0 Å². The van der Waals surface area contributed by atoms with Gasteiger partial charge in [0.05, 0.1) is 6.61 Å². The van der Waals surface area contributed by atoms with Gasteiger partial charge in [-0.25, -0.2) is 5.48 Å². The molecule has 1 fully saturated rings. The Morgan fingerprint density at radius 2 is 1.89 bits per heavy atom. The number of benzene rings is 1. The molecular weight excluding hydrogens is 458 g/mol. The van der Waals surface area contributed by atoms with Gasteiger partial charge in [0, 0.05) is 31.8 Å². The van der Waals surface area contributed by atoms with Gasteiger partial charge in [0.2, 0.25) is 17.7 Å². The van der Waals surface area contributed by atoms with Crippen LogP contribution in [0.25, 0.3) is 0 Å². The second-order valence-electron chi connectivity index (χ2n) is 10.7. The van der Waals surface area contributed by atoms with E-state index in [-0.39, 0.29) is 30.1 Å². The van der Waals surface area contributed by atoms with Gasteiger partial charge in [0.1, 0.15) is 11.8 Å². The van der Waals surface area contributed by atoms with Crippen LogP contribution >= 0.6 is 0 Å². The Bertz CT molecular complexity index is 857. The highest BCUT2D eigenvalue weighted by molar-refractivity contribution is 5.90. The Morgan fingerprint density at radius 1 is 1.11 bits per heavy atom. The smallest absolute Gasteiger partial charge is 0.243 e. The van der Waals surface area contributed by atoms with Gasteiger partial charge in [-0.15, -0.1) is 0 Å². The zero-order chi connectivity index (χ0) is 25.9. The van der Waals surface area contributed by atoms with Crippen LogP contribution in [0.4, 0.5) is 0 Å². The summed E-state index contributed by atoms with van der Waals surface area (Å²) in [5.74, 6) is 1.11.